The number of nitrogens with one attached hydrogen (secondary N) is 1. The molecule has 8 nitrogen and oxygen atoms in total. The second-order valence-electron chi connectivity index (χ2n) is 5.86. The van der Waals surface area contributed by atoms with E-state index in [0.717, 1.165) is 3.57 Å². The Kier molecular flexibility index (Phi) is 7.89. The van der Waals surface area contributed by atoms with Crippen LogP contribution in [0.2, 0.25) is 0 Å². The van der Waals surface area contributed by atoms with Crippen LogP contribution in [-0.2, 0) is 19.6 Å². The monoisotopic (exact) mass is 597 g/mol. The number of carbonyl (C=O) groups excluding carboxylic acids is 2. The van der Waals surface area contributed by atoms with Crippen molar-refractivity contribution in [1.29, 1.82) is 0 Å². The van der Waals surface area contributed by atoms with E-state index in [1.807, 2.05) is 45.2 Å². The Morgan fingerprint density at radius 3 is 2.36 bits per heavy atom. The van der Waals surface area contributed by atoms with Gasteiger partial charge in [0.2, 0.25) is 0 Å². The van der Waals surface area contributed by atoms with Crippen LogP contribution < -0.4 is 5.32 Å². The minimum absolute atomic E-state index is 0.0532. The van der Waals surface area contributed by atoms with Crippen molar-refractivity contribution < 1.29 is 32.0 Å². The van der Waals surface area contributed by atoms with Gasteiger partial charge in [0.15, 0.2) is 0 Å². The summed E-state index contributed by atoms with van der Waals surface area (Å²) in [5.41, 5.74) is -0.459. The molecule has 0 aliphatic heterocycles. The number of rotatable bonds is 5. The Morgan fingerprint density at radius 2 is 1.84 bits per heavy atom. The Bertz CT molecular complexity index is 772. The minimum atomic E-state index is -4.24. The minimum Gasteiger partial charge on any atom is -0.461 e. The van der Waals surface area contributed by atoms with E-state index in [9.17, 15) is 18.0 Å². The van der Waals surface area contributed by atoms with Crippen molar-refractivity contribution in [3.05, 3.63) is 24.8 Å². The van der Waals surface area contributed by atoms with E-state index in [4.69, 9.17) is 14.0 Å². The van der Waals surface area contributed by atoms with Crippen molar-refractivity contribution in [3.63, 3.8) is 0 Å². The number of amides is 1. The Morgan fingerprint density at radius 1 is 1.24 bits per heavy atom. The second kappa shape index (κ2) is 8.81. The summed E-state index contributed by atoms with van der Waals surface area (Å²) in [6, 6.07) is 3.23. The maximum absolute atomic E-state index is 12.2. The summed E-state index contributed by atoms with van der Waals surface area (Å²) < 4.78 is 41.4. The molecule has 0 aromatic heterocycles. The van der Waals surface area contributed by atoms with Gasteiger partial charge in [0.1, 0.15) is 18.0 Å². The van der Waals surface area contributed by atoms with Crippen molar-refractivity contribution in [1.82, 2.24) is 0 Å². The summed E-state index contributed by atoms with van der Waals surface area (Å²) in [6.45, 7) is 4.60. The Hall–Kier alpha value is -0.670. The average molecular weight is 597 g/mol. The van der Waals surface area contributed by atoms with Crippen LogP contribution in [0, 0.1) is 7.14 Å². The van der Waals surface area contributed by atoms with Gasteiger partial charge < -0.3 is 9.47 Å². The molecule has 11 heteroatoms. The fourth-order valence-electron chi connectivity index (χ4n) is 1.58. The molecule has 0 aliphatic rings. The summed E-state index contributed by atoms with van der Waals surface area (Å²) in [4.78, 5) is 24.2. The van der Waals surface area contributed by atoms with Gasteiger partial charge >= 0.3 is 12.1 Å². The van der Waals surface area contributed by atoms with Crippen molar-refractivity contribution in [2.45, 2.75) is 26.4 Å². The maximum Gasteiger partial charge on any atom is 0.412 e. The molecule has 0 bridgehead atoms. The van der Waals surface area contributed by atoms with Gasteiger partial charge in [-0.2, -0.15) is 8.42 Å². The van der Waals surface area contributed by atoms with Gasteiger partial charge in [-0.3, -0.25) is 9.87 Å². The highest BCUT2D eigenvalue weighted by Gasteiger charge is 2.22. The number of ether oxygens (including phenoxy) is 2. The molecule has 0 radical (unpaired) electrons. The zero-order valence-corrected chi connectivity index (χ0v) is 18.8. The lowest BCUT2D eigenvalue weighted by molar-refractivity contribution is 0.0529. The summed E-state index contributed by atoms with van der Waals surface area (Å²) in [7, 11) is -4.24. The van der Waals surface area contributed by atoms with E-state index in [0.29, 0.717) is 3.57 Å². The molecule has 0 fully saturated rings. The number of hydrogen-bond donors (Lipinski definition) is 2. The predicted octanol–water partition coefficient (Wildman–Crippen LogP) is 3.29. The van der Waals surface area contributed by atoms with Crippen molar-refractivity contribution >= 4 is 73.0 Å². The van der Waals surface area contributed by atoms with Crippen molar-refractivity contribution in [3.8, 4) is 0 Å². The fraction of sp³-hybridized carbons (Fsp3) is 0.429. The molecule has 1 aromatic carbocycles. The summed E-state index contributed by atoms with van der Waals surface area (Å²) in [5.74, 6) is -1.54. The van der Waals surface area contributed by atoms with Crippen molar-refractivity contribution in [2.75, 3.05) is 17.7 Å². The highest BCUT2D eigenvalue weighted by molar-refractivity contribution is 14.1. The van der Waals surface area contributed by atoms with Crippen molar-refractivity contribution in [2.24, 2.45) is 0 Å². The third-order valence-corrected chi connectivity index (χ3v) is 4.63. The molecule has 140 valence electrons. The first kappa shape index (κ1) is 22.4. The van der Waals surface area contributed by atoms with Crippen LogP contribution in [0.3, 0.4) is 0 Å². The van der Waals surface area contributed by atoms with E-state index >= 15 is 0 Å². The molecule has 0 spiro atoms. The summed E-state index contributed by atoms with van der Waals surface area (Å²) >= 11 is 3.94. The first-order chi connectivity index (χ1) is 11.3. The normalized spacial score (nSPS) is 11.8. The average Bonchev–Trinajstić information content (AvgIpc) is 2.37. The molecule has 0 atom stereocenters. The standard InChI is InChI=1S/C14H17I2NO7S/c1-14(2,3)24-13(19)17-11-9(6-8(15)7-10(11)16)12(18)23-4-5-25(20,21)22/h6-7H,4-5H2,1-3H3,(H,17,19)(H,20,21,22). The number of benzene rings is 1. The topological polar surface area (TPSA) is 119 Å². The molecule has 0 aliphatic carbocycles. The van der Waals surface area contributed by atoms with Crippen LogP contribution in [0.4, 0.5) is 10.5 Å². The number of esters is 1. The van der Waals surface area contributed by atoms with Crippen LogP contribution >= 0.6 is 45.2 Å². The summed E-state index contributed by atoms with van der Waals surface area (Å²) in [5, 5.41) is 2.51. The molecule has 1 aromatic rings. The largest absolute Gasteiger partial charge is 0.461 e. The zero-order valence-electron chi connectivity index (χ0n) is 13.6. The molecule has 1 amide bonds. The van der Waals surface area contributed by atoms with Gasteiger partial charge in [-0.05, 0) is 78.1 Å². The van der Waals surface area contributed by atoms with E-state index < -0.39 is 40.1 Å². The third-order valence-electron chi connectivity index (χ3n) is 2.48. The molecular weight excluding hydrogens is 580 g/mol. The highest BCUT2D eigenvalue weighted by atomic mass is 127. The van der Waals surface area contributed by atoms with Gasteiger partial charge in [-0.15, -0.1) is 0 Å². The predicted molar refractivity (Wildman–Crippen MR) is 108 cm³/mol. The molecule has 2 N–H and O–H groups in total. The van der Waals surface area contributed by atoms with Crippen LogP contribution in [0.1, 0.15) is 31.1 Å². The number of anilines is 1. The van der Waals surface area contributed by atoms with Gasteiger partial charge in [0, 0.05) is 7.14 Å². The quantitative estimate of drug-likeness (QED) is 0.304. The highest BCUT2D eigenvalue weighted by Crippen LogP contribution is 2.27. The lowest BCUT2D eigenvalue weighted by atomic mass is 10.2. The fourth-order valence-corrected chi connectivity index (χ4v) is 3.86. The van der Waals surface area contributed by atoms with Gasteiger partial charge in [-0.25, -0.2) is 9.59 Å². The number of halogens is 2. The Labute approximate surface area is 173 Å². The van der Waals surface area contributed by atoms with Crippen LogP contribution in [0.25, 0.3) is 0 Å². The van der Waals surface area contributed by atoms with Gasteiger partial charge in [0.25, 0.3) is 10.1 Å². The lowest BCUT2D eigenvalue weighted by Gasteiger charge is -2.21. The van der Waals surface area contributed by atoms with Crippen LogP contribution in [-0.4, -0.2) is 43.0 Å². The smallest absolute Gasteiger partial charge is 0.412 e. The van der Waals surface area contributed by atoms with Gasteiger partial charge in [0.05, 0.1) is 11.3 Å². The first-order valence-electron chi connectivity index (χ1n) is 6.90. The van der Waals surface area contributed by atoms with Gasteiger partial charge in [-0.1, -0.05) is 0 Å². The van der Waals surface area contributed by atoms with Crippen LogP contribution in [0.5, 0.6) is 0 Å². The molecular formula is C14H17I2NO7S. The molecule has 1 rings (SSSR count). The Balaban J connectivity index is 3.02. The number of carbonyl (C=O) groups is 2. The van der Waals surface area contributed by atoms with E-state index in [2.05, 4.69) is 5.32 Å². The number of hydrogen-bond acceptors (Lipinski definition) is 6. The summed E-state index contributed by atoms with van der Waals surface area (Å²) in [6.07, 6.45) is -0.737. The molecule has 0 heterocycles. The lowest BCUT2D eigenvalue weighted by Crippen LogP contribution is -2.28. The first-order valence-corrected chi connectivity index (χ1v) is 10.7. The van der Waals surface area contributed by atoms with Crippen LogP contribution in [0.15, 0.2) is 12.1 Å². The molecule has 0 unspecified atom stereocenters. The SMILES string of the molecule is CC(C)(C)OC(=O)Nc1c(I)cc(I)cc1C(=O)OCCS(=O)(=O)O. The van der Waals surface area contributed by atoms with E-state index in [1.54, 1.807) is 26.8 Å². The van der Waals surface area contributed by atoms with E-state index in [1.165, 1.54) is 6.07 Å². The maximum atomic E-state index is 12.2. The molecule has 0 saturated heterocycles. The third kappa shape index (κ3) is 8.50. The second-order valence-corrected chi connectivity index (χ2v) is 9.84. The molecule has 25 heavy (non-hydrogen) atoms. The molecule has 0 saturated carbocycles. The van der Waals surface area contributed by atoms with E-state index in [-0.39, 0.29) is 11.3 Å². The zero-order chi connectivity index (χ0) is 19.4.